The molecule has 2 aromatic rings. The first-order chi connectivity index (χ1) is 9.76. The van der Waals surface area contributed by atoms with E-state index in [0.29, 0.717) is 24.1 Å². The van der Waals surface area contributed by atoms with E-state index in [1.807, 2.05) is 0 Å². The standard InChI is InChI=1S/C14H16FN3O2/c1-16-7-10-6-11(15)4-5-12(10)19-8-13-17-14(18-20-13)9-2-3-9/h4-6,9,16H,2-3,7-8H2,1H3. The molecule has 1 N–H and O–H groups in total. The smallest absolute Gasteiger partial charge is 0.264 e. The maximum atomic E-state index is 13.2. The van der Waals surface area contributed by atoms with Crippen LogP contribution in [0.1, 0.15) is 36.0 Å². The molecule has 0 amide bonds. The Balaban J connectivity index is 1.67. The van der Waals surface area contributed by atoms with Crippen LogP contribution in [0.3, 0.4) is 0 Å². The molecule has 1 aromatic carbocycles. The fourth-order valence-electron chi connectivity index (χ4n) is 1.99. The minimum Gasteiger partial charge on any atom is -0.483 e. The quantitative estimate of drug-likeness (QED) is 0.878. The third kappa shape index (κ3) is 2.96. The molecule has 1 aliphatic rings. The number of benzene rings is 1. The second-order valence-electron chi connectivity index (χ2n) is 4.89. The van der Waals surface area contributed by atoms with Crippen molar-refractivity contribution in [2.45, 2.75) is 31.9 Å². The molecule has 0 unspecified atom stereocenters. The highest BCUT2D eigenvalue weighted by Crippen LogP contribution is 2.38. The van der Waals surface area contributed by atoms with E-state index in [0.717, 1.165) is 24.2 Å². The van der Waals surface area contributed by atoms with E-state index < -0.39 is 0 Å². The van der Waals surface area contributed by atoms with Crippen LogP contribution < -0.4 is 10.1 Å². The Kier molecular flexibility index (Phi) is 3.64. The van der Waals surface area contributed by atoms with E-state index in [2.05, 4.69) is 15.5 Å². The normalized spacial score (nSPS) is 14.5. The van der Waals surface area contributed by atoms with E-state index in [1.54, 1.807) is 13.1 Å². The van der Waals surface area contributed by atoms with Crippen LogP contribution in [0, 0.1) is 5.82 Å². The Morgan fingerprint density at radius 1 is 1.45 bits per heavy atom. The highest BCUT2D eigenvalue weighted by Gasteiger charge is 2.28. The number of hydrogen-bond donors (Lipinski definition) is 1. The van der Waals surface area contributed by atoms with Crippen molar-refractivity contribution in [1.29, 1.82) is 0 Å². The minimum atomic E-state index is -0.281. The number of ether oxygens (including phenoxy) is 1. The molecule has 1 aliphatic carbocycles. The van der Waals surface area contributed by atoms with Gasteiger partial charge in [-0.1, -0.05) is 5.16 Å². The van der Waals surface area contributed by atoms with Crippen LogP contribution in [0.5, 0.6) is 5.75 Å². The lowest BCUT2D eigenvalue weighted by Gasteiger charge is -2.09. The van der Waals surface area contributed by atoms with E-state index in [1.165, 1.54) is 12.1 Å². The van der Waals surface area contributed by atoms with Crippen molar-refractivity contribution in [3.8, 4) is 5.75 Å². The van der Waals surface area contributed by atoms with Crippen LogP contribution in [0.15, 0.2) is 22.7 Å². The molecule has 1 fully saturated rings. The first kappa shape index (κ1) is 13.1. The van der Waals surface area contributed by atoms with E-state index >= 15 is 0 Å². The molecule has 0 atom stereocenters. The second kappa shape index (κ2) is 5.58. The molecular weight excluding hydrogens is 261 g/mol. The molecule has 1 heterocycles. The molecule has 6 heteroatoms. The van der Waals surface area contributed by atoms with Gasteiger partial charge in [-0.25, -0.2) is 4.39 Å². The first-order valence-electron chi connectivity index (χ1n) is 6.64. The lowest BCUT2D eigenvalue weighted by Crippen LogP contribution is -2.08. The summed E-state index contributed by atoms with van der Waals surface area (Å²) in [4.78, 5) is 4.29. The van der Waals surface area contributed by atoms with Crippen LogP contribution in [0.4, 0.5) is 4.39 Å². The molecule has 20 heavy (non-hydrogen) atoms. The lowest BCUT2D eigenvalue weighted by atomic mass is 10.2. The summed E-state index contributed by atoms with van der Waals surface area (Å²) in [7, 11) is 1.80. The van der Waals surface area contributed by atoms with Crippen molar-refractivity contribution in [2.75, 3.05) is 7.05 Å². The summed E-state index contributed by atoms with van der Waals surface area (Å²) in [6, 6.07) is 4.44. The molecule has 0 spiro atoms. The number of halogens is 1. The minimum absolute atomic E-state index is 0.196. The third-order valence-electron chi connectivity index (χ3n) is 3.17. The largest absolute Gasteiger partial charge is 0.483 e. The van der Waals surface area contributed by atoms with Crippen molar-refractivity contribution < 1.29 is 13.7 Å². The van der Waals surface area contributed by atoms with Crippen LogP contribution >= 0.6 is 0 Å². The number of rotatable bonds is 6. The van der Waals surface area contributed by atoms with Crippen molar-refractivity contribution in [1.82, 2.24) is 15.5 Å². The summed E-state index contributed by atoms with van der Waals surface area (Å²) in [6.45, 7) is 0.728. The van der Waals surface area contributed by atoms with Crippen molar-refractivity contribution in [3.63, 3.8) is 0 Å². The SMILES string of the molecule is CNCc1cc(F)ccc1OCc1nc(C2CC2)no1. The summed E-state index contributed by atoms with van der Waals surface area (Å²) in [5.41, 5.74) is 0.759. The first-order valence-corrected chi connectivity index (χ1v) is 6.64. The Labute approximate surface area is 116 Å². The van der Waals surface area contributed by atoms with Crippen molar-refractivity contribution in [2.24, 2.45) is 0 Å². The Morgan fingerprint density at radius 3 is 3.05 bits per heavy atom. The number of nitrogens with zero attached hydrogens (tertiary/aromatic N) is 2. The van der Waals surface area contributed by atoms with Gasteiger partial charge in [-0.3, -0.25) is 0 Å². The monoisotopic (exact) mass is 277 g/mol. The highest BCUT2D eigenvalue weighted by molar-refractivity contribution is 5.33. The van der Waals surface area contributed by atoms with E-state index in [9.17, 15) is 4.39 Å². The molecule has 0 aliphatic heterocycles. The van der Waals surface area contributed by atoms with Gasteiger partial charge in [-0.2, -0.15) is 4.98 Å². The van der Waals surface area contributed by atoms with Crippen LogP contribution in [0.2, 0.25) is 0 Å². The molecule has 1 aromatic heterocycles. The molecule has 0 radical (unpaired) electrons. The average Bonchev–Trinajstić information content (AvgIpc) is 3.18. The van der Waals surface area contributed by atoms with Gasteiger partial charge in [0.2, 0.25) is 0 Å². The molecule has 1 saturated carbocycles. The van der Waals surface area contributed by atoms with Crippen LogP contribution in [-0.4, -0.2) is 17.2 Å². The van der Waals surface area contributed by atoms with Gasteiger partial charge in [0, 0.05) is 18.0 Å². The molecule has 3 rings (SSSR count). The van der Waals surface area contributed by atoms with Gasteiger partial charge in [-0.15, -0.1) is 0 Å². The number of hydrogen-bond acceptors (Lipinski definition) is 5. The average molecular weight is 277 g/mol. The third-order valence-corrected chi connectivity index (χ3v) is 3.17. The lowest BCUT2D eigenvalue weighted by molar-refractivity contribution is 0.240. The zero-order valence-corrected chi connectivity index (χ0v) is 11.2. The van der Waals surface area contributed by atoms with Crippen molar-refractivity contribution in [3.05, 3.63) is 41.3 Å². The topological polar surface area (TPSA) is 60.2 Å². The van der Waals surface area contributed by atoms with Gasteiger partial charge < -0.3 is 14.6 Å². The molecular formula is C14H16FN3O2. The molecule has 106 valence electrons. The van der Waals surface area contributed by atoms with Gasteiger partial charge in [-0.05, 0) is 38.1 Å². The van der Waals surface area contributed by atoms with Crippen LogP contribution in [-0.2, 0) is 13.2 Å². The van der Waals surface area contributed by atoms with E-state index in [4.69, 9.17) is 9.26 Å². The van der Waals surface area contributed by atoms with Gasteiger partial charge in [0.15, 0.2) is 12.4 Å². The van der Waals surface area contributed by atoms with Gasteiger partial charge in [0.1, 0.15) is 11.6 Å². The summed E-state index contributed by atoms with van der Waals surface area (Å²) in [6.07, 6.45) is 2.26. The molecule has 5 nitrogen and oxygen atoms in total. The summed E-state index contributed by atoms with van der Waals surface area (Å²) in [5.74, 6) is 2.01. The zero-order chi connectivity index (χ0) is 13.9. The van der Waals surface area contributed by atoms with Crippen LogP contribution in [0.25, 0.3) is 0 Å². The fourth-order valence-corrected chi connectivity index (χ4v) is 1.99. The maximum absolute atomic E-state index is 13.2. The number of nitrogens with one attached hydrogen (secondary N) is 1. The summed E-state index contributed by atoms with van der Waals surface area (Å²) < 4.78 is 24.0. The highest BCUT2D eigenvalue weighted by atomic mass is 19.1. The zero-order valence-electron chi connectivity index (χ0n) is 11.2. The van der Waals surface area contributed by atoms with Gasteiger partial charge >= 0.3 is 0 Å². The van der Waals surface area contributed by atoms with Crippen molar-refractivity contribution >= 4 is 0 Å². The Bertz CT molecular complexity index is 596. The predicted molar refractivity (Wildman–Crippen MR) is 69.8 cm³/mol. The summed E-state index contributed by atoms with van der Waals surface area (Å²) >= 11 is 0. The second-order valence-corrected chi connectivity index (χ2v) is 4.89. The predicted octanol–water partition coefficient (Wildman–Crippen LogP) is 2.38. The molecule has 0 bridgehead atoms. The summed E-state index contributed by atoms with van der Waals surface area (Å²) in [5, 5.41) is 6.90. The molecule has 0 saturated heterocycles. The van der Waals surface area contributed by atoms with Gasteiger partial charge in [0.25, 0.3) is 5.89 Å². The Hall–Kier alpha value is -1.95. The maximum Gasteiger partial charge on any atom is 0.264 e. The van der Waals surface area contributed by atoms with E-state index in [-0.39, 0.29) is 12.4 Å². The van der Waals surface area contributed by atoms with Gasteiger partial charge in [0.05, 0.1) is 0 Å². The Morgan fingerprint density at radius 2 is 2.30 bits per heavy atom. The fraction of sp³-hybridized carbons (Fsp3) is 0.429. The number of aromatic nitrogens is 2.